The molecule has 2 N–H and O–H groups in total. The third-order valence-corrected chi connectivity index (χ3v) is 5.00. The number of aromatic nitrogens is 1. The van der Waals surface area contributed by atoms with Crippen molar-refractivity contribution in [1.82, 2.24) is 4.98 Å². The molecule has 2 aromatic rings. The fourth-order valence-electron chi connectivity index (χ4n) is 3.04. The fourth-order valence-corrected chi connectivity index (χ4v) is 4.11. The first-order chi connectivity index (χ1) is 9.71. The molecule has 3 rings (SSSR count). The van der Waals surface area contributed by atoms with Crippen molar-refractivity contribution in [2.75, 3.05) is 18.0 Å². The van der Waals surface area contributed by atoms with E-state index in [1.165, 1.54) is 33.8 Å². The van der Waals surface area contributed by atoms with Crippen molar-refractivity contribution in [1.29, 1.82) is 0 Å². The van der Waals surface area contributed by atoms with Crippen molar-refractivity contribution < 1.29 is 0 Å². The fraction of sp³-hybridized carbons (Fsp3) is 0.562. The molecule has 0 saturated carbocycles. The maximum absolute atomic E-state index is 6.05. The lowest BCUT2D eigenvalue weighted by atomic mass is 10.1. The molecular weight excluding hydrogens is 266 g/mol. The Morgan fingerprint density at radius 1 is 1.20 bits per heavy atom. The van der Waals surface area contributed by atoms with E-state index in [-0.39, 0.29) is 0 Å². The summed E-state index contributed by atoms with van der Waals surface area (Å²) in [7, 11) is 0. The number of anilines is 1. The van der Waals surface area contributed by atoms with Gasteiger partial charge in [0.25, 0.3) is 0 Å². The molecule has 0 radical (unpaired) electrons. The van der Waals surface area contributed by atoms with Crippen LogP contribution in [-0.4, -0.2) is 24.1 Å². The van der Waals surface area contributed by atoms with Crippen molar-refractivity contribution in [3.8, 4) is 0 Å². The number of nitrogens with zero attached hydrogens (tertiary/aromatic N) is 2. The molecule has 1 atom stereocenters. The Morgan fingerprint density at radius 2 is 1.85 bits per heavy atom. The van der Waals surface area contributed by atoms with E-state index in [9.17, 15) is 0 Å². The van der Waals surface area contributed by atoms with E-state index in [1.807, 2.05) is 11.3 Å². The van der Waals surface area contributed by atoms with Gasteiger partial charge in [-0.15, -0.1) is 0 Å². The number of benzene rings is 1. The van der Waals surface area contributed by atoms with Gasteiger partial charge in [0.1, 0.15) is 0 Å². The molecule has 4 heteroatoms. The summed E-state index contributed by atoms with van der Waals surface area (Å²) in [6, 6.07) is 4.88. The molecule has 1 aliphatic carbocycles. The second-order valence-corrected chi connectivity index (χ2v) is 6.75. The zero-order valence-corrected chi connectivity index (χ0v) is 13.2. The summed E-state index contributed by atoms with van der Waals surface area (Å²) in [4.78, 5) is 7.27. The normalized spacial score (nSPS) is 17.6. The SMILES string of the molecule is CCCN(CCC)c1nc2cc3c(cc2s1)CC(N)C3. The summed E-state index contributed by atoms with van der Waals surface area (Å²) in [5, 5.41) is 1.18. The minimum atomic E-state index is 0.303. The lowest BCUT2D eigenvalue weighted by Gasteiger charge is -2.19. The van der Waals surface area contributed by atoms with E-state index in [1.54, 1.807) is 0 Å². The van der Waals surface area contributed by atoms with Gasteiger partial charge in [-0.25, -0.2) is 4.98 Å². The van der Waals surface area contributed by atoms with E-state index in [2.05, 4.69) is 30.9 Å². The van der Waals surface area contributed by atoms with Crippen molar-refractivity contribution in [3.05, 3.63) is 23.3 Å². The largest absolute Gasteiger partial charge is 0.348 e. The smallest absolute Gasteiger partial charge is 0.186 e. The van der Waals surface area contributed by atoms with Crippen LogP contribution in [0.5, 0.6) is 0 Å². The molecular formula is C16H23N3S. The third kappa shape index (κ3) is 2.54. The number of hydrogen-bond acceptors (Lipinski definition) is 4. The van der Waals surface area contributed by atoms with Crippen LogP contribution in [-0.2, 0) is 12.8 Å². The van der Waals surface area contributed by atoms with Crippen LogP contribution in [0, 0.1) is 0 Å². The van der Waals surface area contributed by atoms with Gasteiger partial charge in [0.2, 0.25) is 0 Å². The quantitative estimate of drug-likeness (QED) is 0.918. The number of hydrogen-bond donors (Lipinski definition) is 1. The van der Waals surface area contributed by atoms with Crippen LogP contribution in [0.4, 0.5) is 5.13 Å². The summed E-state index contributed by atoms with van der Waals surface area (Å²) in [5.74, 6) is 0. The highest BCUT2D eigenvalue weighted by atomic mass is 32.1. The Balaban J connectivity index is 1.95. The average Bonchev–Trinajstić information content (AvgIpc) is 2.96. The molecule has 0 spiro atoms. The molecule has 20 heavy (non-hydrogen) atoms. The molecule has 1 unspecified atom stereocenters. The highest BCUT2D eigenvalue weighted by Crippen LogP contribution is 2.33. The van der Waals surface area contributed by atoms with Gasteiger partial charge < -0.3 is 10.6 Å². The third-order valence-electron chi connectivity index (χ3n) is 3.92. The first kappa shape index (κ1) is 13.8. The van der Waals surface area contributed by atoms with Gasteiger partial charge in [-0.05, 0) is 48.9 Å². The second-order valence-electron chi connectivity index (χ2n) is 5.74. The molecule has 0 amide bonds. The number of rotatable bonds is 5. The van der Waals surface area contributed by atoms with E-state index < -0.39 is 0 Å². The Kier molecular flexibility index (Phi) is 3.94. The lowest BCUT2D eigenvalue weighted by Crippen LogP contribution is -2.24. The topological polar surface area (TPSA) is 42.2 Å². The summed E-state index contributed by atoms with van der Waals surface area (Å²) < 4.78 is 1.31. The van der Waals surface area contributed by atoms with Crippen molar-refractivity contribution in [3.63, 3.8) is 0 Å². The van der Waals surface area contributed by atoms with Crippen LogP contribution in [0.15, 0.2) is 12.1 Å². The van der Waals surface area contributed by atoms with Crippen molar-refractivity contribution >= 4 is 26.7 Å². The Bertz CT molecular complexity index is 556. The van der Waals surface area contributed by atoms with Crippen LogP contribution in [0.3, 0.4) is 0 Å². The molecule has 0 aliphatic heterocycles. The minimum absolute atomic E-state index is 0.303. The second kappa shape index (κ2) is 5.70. The van der Waals surface area contributed by atoms with Crippen LogP contribution >= 0.6 is 11.3 Å². The molecule has 1 heterocycles. The lowest BCUT2D eigenvalue weighted by molar-refractivity contribution is 0.721. The molecule has 1 aromatic carbocycles. The summed E-state index contributed by atoms with van der Waals surface area (Å²) in [6.45, 7) is 6.65. The predicted molar refractivity (Wildman–Crippen MR) is 87.8 cm³/mol. The summed E-state index contributed by atoms with van der Waals surface area (Å²) >= 11 is 1.83. The van der Waals surface area contributed by atoms with Crippen molar-refractivity contribution in [2.45, 2.75) is 45.6 Å². The first-order valence-corrected chi connectivity index (χ1v) is 8.45. The molecule has 3 nitrogen and oxygen atoms in total. The standard InChI is InChI=1S/C16H23N3S/c1-3-5-19(6-4-2)16-18-14-9-11-7-13(17)8-12(11)10-15(14)20-16/h9-10,13H,3-8,17H2,1-2H3. The van der Waals surface area contributed by atoms with Gasteiger partial charge >= 0.3 is 0 Å². The van der Waals surface area contributed by atoms with E-state index >= 15 is 0 Å². The maximum atomic E-state index is 6.05. The zero-order chi connectivity index (χ0) is 14.1. The molecule has 108 valence electrons. The Morgan fingerprint density at radius 3 is 2.50 bits per heavy atom. The zero-order valence-electron chi connectivity index (χ0n) is 12.4. The van der Waals surface area contributed by atoms with Crippen molar-refractivity contribution in [2.24, 2.45) is 5.73 Å². The molecule has 1 aliphatic rings. The highest BCUT2D eigenvalue weighted by Gasteiger charge is 2.20. The van der Waals surface area contributed by atoms with Gasteiger partial charge in [-0.2, -0.15) is 0 Å². The Hall–Kier alpha value is -1.13. The minimum Gasteiger partial charge on any atom is -0.348 e. The molecule has 1 aromatic heterocycles. The van der Waals surface area contributed by atoms with E-state index in [4.69, 9.17) is 10.7 Å². The number of fused-ring (bicyclic) bond motifs is 2. The number of nitrogens with two attached hydrogens (primary N) is 1. The Labute approximate surface area is 124 Å². The number of thiazole rings is 1. The average molecular weight is 289 g/mol. The van der Waals surface area contributed by atoms with Crippen LogP contribution in [0.1, 0.15) is 37.8 Å². The van der Waals surface area contributed by atoms with Gasteiger partial charge in [0, 0.05) is 19.1 Å². The van der Waals surface area contributed by atoms with Crippen LogP contribution < -0.4 is 10.6 Å². The predicted octanol–water partition coefficient (Wildman–Crippen LogP) is 3.35. The first-order valence-electron chi connectivity index (χ1n) is 7.64. The molecule has 0 saturated heterocycles. The van der Waals surface area contributed by atoms with Gasteiger partial charge in [0.15, 0.2) is 5.13 Å². The van der Waals surface area contributed by atoms with E-state index in [0.29, 0.717) is 6.04 Å². The molecule has 0 fully saturated rings. The van der Waals surface area contributed by atoms with Gasteiger partial charge in [-0.3, -0.25) is 0 Å². The highest BCUT2D eigenvalue weighted by molar-refractivity contribution is 7.22. The van der Waals surface area contributed by atoms with Crippen LogP contribution in [0.25, 0.3) is 10.2 Å². The van der Waals surface area contributed by atoms with Crippen LogP contribution in [0.2, 0.25) is 0 Å². The maximum Gasteiger partial charge on any atom is 0.186 e. The van der Waals surface area contributed by atoms with E-state index in [0.717, 1.165) is 31.4 Å². The summed E-state index contributed by atoms with van der Waals surface area (Å²) in [6.07, 6.45) is 4.36. The van der Waals surface area contributed by atoms with Gasteiger partial charge in [-0.1, -0.05) is 25.2 Å². The molecule has 0 bridgehead atoms. The van der Waals surface area contributed by atoms with Gasteiger partial charge in [0.05, 0.1) is 10.2 Å². The summed E-state index contributed by atoms with van der Waals surface area (Å²) in [5.41, 5.74) is 10.0. The monoisotopic (exact) mass is 289 g/mol.